The Kier molecular flexibility index (Phi) is 4.26. The molecule has 0 fully saturated rings. The number of esters is 1. The number of carbonyl (C=O) groups is 1. The first-order valence-electron chi connectivity index (χ1n) is 7.20. The standard InChI is InChI=1S/C14H17N3O4S2/c1-3-21-14(18)13-10-9-17(7-6-11(10)16(2)15-13)23(19,20)12-5-4-8-22-12/h4-5,8H,3,6-7,9H2,1-2H3. The second-order valence-corrected chi connectivity index (χ2v) is 8.25. The molecule has 0 radical (unpaired) electrons. The van der Waals surface area contributed by atoms with E-state index in [9.17, 15) is 13.2 Å². The van der Waals surface area contributed by atoms with Crippen LogP contribution in [-0.4, -0.2) is 41.6 Å². The Balaban J connectivity index is 1.95. The first-order chi connectivity index (χ1) is 10.9. The van der Waals surface area contributed by atoms with Crippen LogP contribution in [0.5, 0.6) is 0 Å². The van der Waals surface area contributed by atoms with Gasteiger partial charge in [-0.3, -0.25) is 4.68 Å². The third-order valence-corrected chi connectivity index (χ3v) is 6.98. The normalized spacial score (nSPS) is 15.4. The highest BCUT2D eigenvalue weighted by Crippen LogP contribution is 2.28. The molecule has 0 spiro atoms. The van der Waals surface area contributed by atoms with Gasteiger partial charge < -0.3 is 4.74 Å². The summed E-state index contributed by atoms with van der Waals surface area (Å²) in [5, 5.41) is 5.95. The van der Waals surface area contributed by atoms with Crippen molar-refractivity contribution >= 4 is 27.3 Å². The van der Waals surface area contributed by atoms with Gasteiger partial charge in [-0.15, -0.1) is 11.3 Å². The van der Waals surface area contributed by atoms with Gasteiger partial charge in [-0.1, -0.05) is 6.07 Å². The molecule has 124 valence electrons. The summed E-state index contributed by atoms with van der Waals surface area (Å²) in [4.78, 5) is 12.1. The van der Waals surface area contributed by atoms with E-state index in [0.717, 1.165) is 5.69 Å². The van der Waals surface area contributed by atoms with E-state index >= 15 is 0 Å². The maximum absolute atomic E-state index is 12.7. The highest BCUT2D eigenvalue weighted by atomic mass is 32.2. The molecule has 9 heteroatoms. The topological polar surface area (TPSA) is 81.5 Å². The number of rotatable bonds is 4. The SMILES string of the molecule is CCOC(=O)c1nn(C)c2c1CN(S(=O)(=O)c1cccs1)CC2. The minimum atomic E-state index is -3.54. The number of hydrogen-bond acceptors (Lipinski definition) is 6. The number of ether oxygens (including phenoxy) is 1. The zero-order chi connectivity index (χ0) is 16.6. The van der Waals surface area contributed by atoms with Crippen molar-refractivity contribution in [1.29, 1.82) is 0 Å². The molecule has 1 aliphatic rings. The summed E-state index contributed by atoms with van der Waals surface area (Å²) in [6, 6.07) is 3.30. The van der Waals surface area contributed by atoms with E-state index in [1.165, 1.54) is 15.6 Å². The van der Waals surface area contributed by atoms with E-state index < -0.39 is 16.0 Å². The van der Waals surface area contributed by atoms with Gasteiger partial charge >= 0.3 is 5.97 Å². The minimum absolute atomic E-state index is 0.136. The van der Waals surface area contributed by atoms with Gasteiger partial charge in [0.05, 0.1) is 6.61 Å². The second kappa shape index (κ2) is 6.06. The van der Waals surface area contributed by atoms with Crippen LogP contribution in [0.1, 0.15) is 28.7 Å². The minimum Gasteiger partial charge on any atom is -0.461 e. The first-order valence-corrected chi connectivity index (χ1v) is 9.52. The van der Waals surface area contributed by atoms with E-state index in [-0.39, 0.29) is 18.8 Å². The molecular weight excluding hydrogens is 338 g/mol. The monoisotopic (exact) mass is 355 g/mol. The molecule has 0 amide bonds. The zero-order valence-electron chi connectivity index (χ0n) is 12.9. The van der Waals surface area contributed by atoms with Crippen LogP contribution in [0.2, 0.25) is 0 Å². The van der Waals surface area contributed by atoms with Crippen molar-refractivity contribution in [2.75, 3.05) is 13.2 Å². The average molecular weight is 355 g/mol. The summed E-state index contributed by atoms with van der Waals surface area (Å²) in [7, 11) is -1.79. The van der Waals surface area contributed by atoms with Crippen molar-refractivity contribution in [2.24, 2.45) is 7.05 Å². The third kappa shape index (κ3) is 2.79. The Morgan fingerprint density at radius 3 is 2.91 bits per heavy atom. The lowest BCUT2D eigenvalue weighted by Crippen LogP contribution is -2.36. The number of aromatic nitrogens is 2. The Hall–Kier alpha value is -1.71. The molecule has 0 saturated heterocycles. The van der Waals surface area contributed by atoms with Gasteiger partial charge in [0.15, 0.2) is 5.69 Å². The molecule has 1 aliphatic heterocycles. The summed E-state index contributed by atoms with van der Waals surface area (Å²) in [6.07, 6.45) is 0.517. The lowest BCUT2D eigenvalue weighted by atomic mass is 10.1. The van der Waals surface area contributed by atoms with E-state index in [0.29, 0.717) is 22.7 Å². The molecule has 0 N–H and O–H groups in total. The summed E-state index contributed by atoms with van der Waals surface area (Å²) in [5.41, 5.74) is 1.72. The number of nitrogens with zero attached hydrogens (tertiary/aromatic N) is 3. The summed E-state index contributed by atoms with van der Waals surface area (Å²) in [6.45, 7) is 2.48. The molecule has 0 aromatic carbocycles. The fourth-order valence-electron chi connectivity index (χ4n) is 2.67. The van der Waals surface area contributed by atoms with Gasteiger partial charge in [-0.2, -0.15) is 9.40 Å². The van der Waals surface area contributed by atoms with Crippen LogP contribution in [0, 0.1) is 0 Å². The molecule has 0 bridgehead atoms. The highest BCUT2D eigenvalue weighted by Gasteiger charge is 2.34. The van der Waals surface area contributed by atoms with Crippen molar-refractivity contribution in [1.82, 2.24) is 14.1 Å². The van der Waals surface area contributed by atoms with Crippen LogP contribution in [-0.2, 0) is 34.8 Å². The second-order valence-electron chi connectivity index (χ2n) is 5.14. The van der Waals surface area contributed by atoms with Gasteiger partial charge in [-0.05, 0) is 18.4 Å². The Morgan fingerprint density at radius 2 is 2.26 bits per heavy atom. The van der Waals surface area contributed by atoms with Crippen molar-refractivity contribution < 1.29 is 17.9 Å². The van der Waals surface area contributed by atoms with Gasteiger partial charge in [0.2, 0.25) is 0 Å². The fraction of sp³-hybridized carbons (Fsp3) is 0.429. The Labute approximate surface area is 138 Å². The Morgan fingerprint density at radius 1 is 1.48 bits per heavy atom. The van der Waals surface area contributed by atoms with E-state index in [4.69, 9.17) is 4.74 Å². The van der Waals surface area contributed by atoms with E-state index in [1.54, 1.807) is 36.2 Å². The van der Waals surface area contributed by atoms with Gasteiger partial charge in [-0.25, -0.2) is 13.2 Å². The molecule has 0 saturated carbocycles. The molecule has 3 rings (SSSR count). The van der Waals surface area contributed by atoms with Crippen molar-refractivity contribution in [3.05, 3.63) is 34.5 Å². The summed E-state index contributed by atoms with van der Waals surface area (Å²) >= 11 is 1.19. The average Bonchev–Trinajstić information content (AvgIpc) is 3.16. The molecule has 0 atom stereocenters. The quantitative estimate of drug-likeness (QED) is 0.775. The molecular formula is C14H17N3O4S2. The van der Waals surface area contributed by atoms with Crippen LogP contribution in [0.4, 0.5) is 0 Å². The molecule has 2 aromatic rings. The fourth-order valence-corrected chi connectivity index (χ4v) is 5.23. The molecule has 0 unspecified atom stereocenters. The van der Waals surface area contributed by atoms with Gasteiger partial charge in [0.25, 0.3) is 10.0 Å². The lowest BCUT2D eigenvalue weighted by molar-refractivity contribution is 0.0516. The van der Waals surface area contributed by atoms with E-state index in [1.807, 2.05) is 0 Å². The predicted molar refractivity (Wildman–Crippen MR) is 84.8 cm³/mol. The van der Waals surface area contributed by atoms with E-state index in [2.05, 4.69) is 5.10 Å². The highest BCUT2D eigenvalue weighted by molar-refractivity contribution is 7.91. The third-order valence-electron chi connectivity index (χ3n) is 3.77. The van der Waals surface area contributed by atoms with Crippen LogP contribution in [0.25, 0.3) is 0 Å². The molecule has 0 aliphatic carbocycles. The molecule has 3 heterocycles. The lowest BCUT2D eigenvalue weighted by Gasteiger charge is -2.26. The first kappa shape index (κ1) is 16.2. The predicted octanol–water partition coefficient (Wildman–Crippen LogP) is 1.41. The maximum Gasteiger partial charge on any atom is 0.359 e. The molecule has 2 aromatic heterocycles. The number of sulfonamides is 1. The number of carbonyl (C=O) groups excluding carboxylic acids is 1. The summed E-state index contributed by atoms with van der Waals surface area (Å²) < 4.78 is 33.7. The maximum atomic E-state index is 12.7. The molecule has 7 nitrogen and oxygen atoms in total. The van der Waals surface area contributed by atoms with Crippen LogP contribution in [0.3, 0.4) is 0 Å². The van der Waals surface area contributed by atoms with Crippen LogP contribution >= 0.6 is 11.3 Å². The van der Waals surface area contributed by atoms with Crippen LogP contribution in [0.15, 0.2) is 21.7 Å². The zero-order valence-corrected chi connectivity index (χ0v) is 14.5. The number of aryl methyl sites for hydroxylation is 1. The Bertz CT molecular complexity index is 825. The number of hydrogen-bond donors (Lipinski definition) is 0. The van der Waals surface area contributed by atoms with Crippen LogP contribution < -0.4 is 0 Å². The van der Waals surface area contributed by atoms with Crippen molar-refractivity contribution in [3.8, 4) is 0 Å². The number of fused-ring (bicyclic) bond motifs is 1. The van der Waals surface area contributed by atoms with Gasteiger partial charge in [0, 0.05) is 37.8 Å². The largest absolute Gasteiger partial charge is 0.461 e. The molecule has 23 heavy (non-hydrogen) atoms. The number of thiophene rings is 1. The van der Waals surface area contributed by atoms with Crippen molar-refractivity contribution in [3.63, 3.8) is 0 Å². The summed E-state index contributed by atoms with van der Waals surface area (Å²) in [5.74, 6) is -0.514. The van der Waals surface area contributed by atoms with Gasteiger partial charge in [0.1, 0.15) is 4.21 Å². The van der Waals surface area contributed by atoms with Crippen molar-refractivity contribution in [2.45, 2.75) is 24.1 Å². The smallest absolute Gasteiger partial charge is 0.359 e.